The van der Waals surface area contributed by atoms with Gasteiger partial charge in [0.15, 0.2) is 0 Å². The van der Waals surface area contributed by atoms with E-state index in [0.29, 0.717) is 5.15 Å². The van der Waals surface area contributed by atoms with E-state index in [1.165, 1.54) is 15.3 Å². The lowest BCUT2D eigenvalue weighted by atomic mass is 10.1. The average Bonchev–Trinajstić information content (AvgIpc) is 3.13. The van der Waals surface area contributed by atoms with Crippen LogP contribution in [0.3, 0.4) is 0 Å². The summed E-state index contributed by atoms with van der Waals surface area (Å²) >= 11 is 8.00. The Morgan fingerprint density at radius 1 is 1.12 bits per heavy atom. The van der Waals surface area contributed by atoms with E-state index >= 15 is 0 Å². The van der Waals surface area contributed by atoms with E-state index in [0.717, 1.165) is 31.9 Å². The van der Waals surface area contributed by atoms with Crippen LogP contribution in [0.2, 0.25) is 5.15 Å². The molecule has 0 aliphatic heterocycles. The number of hydrogen-bond donors (Lipinski definition) is 0. The van der Waals surface area contributed by atoms with Gasteiger partial charge in [0.25, 0.3) is 0 Å². The molecule has 3 nitrogen and oxygen atoms in total. The molecule has 0 fully saturated rings. The van der Waals surface area contributed by atoms with Crippen LogP contribution in [-0.4, -0.2) is 21.0 Å². The molecule has 2 heterocycles. The van der Waals surface area contributed by atoms with Crippen LogP contribution < -0.4 is 0 Å². The van der Waals surface area contributed by atoms with Crippen LogP contribution in [-0.2, 0) is 26.6 Å². The highest BCUT2D eigenvalue weighted by atomic mass is 35.5. The summed E-state index contributed by atoms with van der Waals surface area (Å²) in [4.78, 5) is 9.64. The van der Waals surface area contributed by atoms with Gasteiger partial charge in [-0.3, -0.25) is 4.90 Å². The Bertz CT molecular complexity index is 779. The van der Waals surface area contributed by atoms with Gasteiger partial charge in [-0.1, -0.05) is 41.9 Å². The van der Waals surface area contributed by atoms with Gasteiger partial charge in [0.2, 0.25) is 0 Å². The van der Waals surface area contributed by atoms with E-state index in [4.69, 9.17) is 11.6 Å². The number of hydrogen-bond acceptors (Lipinski definition) is 3. The second-order valence-corrected chi connectivity index (χ2v) is 7.77. The Balaban J connectivity index is 1.71. The molecule has 0 saturated carbocycles. The first kappa shape index (κ1) is 17.2. The highest BCUT2D eigenvalue weighted by Gasteiger charge is 2.13. The summed E-state index contributed by atoms with van der Waals surface area (Å²) in [5.41, 5.74) is 1.36. The molecule has 126 valence electrons. The van der Waals surface area contributed by atoms with Gasteiger partial charge in [-0.05, 0) is 31.0 Å². The SMILES string of the molecule is Cc1ccc(CN(CCc2ccccc2)Cc2ncc(Cl)n2C)s1. The molecule has 0 unspecified atom stereocenters. The molecule has 0 radical (unpaired) electrons. The molecule has 3 aromatic rings. The van der Waals surface area contributed by atoms with Crippen LogP contribution >= 0.6 is 22.9 Å². The topological polar surface area (TPSA) is 21.1 Å². The van der Waals surface area contributed by atoms with Crippen LogP contribution in [0.25, 0.3) is 0 Å². The fraction of sp³-hybridized carbons (Fsp3) is 0.316. The summed E-state index contributed by atoms with van der Waals surface area (Å²) in [6.07, 6.45) is 2.75. The van der Waals surface area contributed by atoms with Crippen molar-refractivity contribution in [1.82, 2.24) is 14.5 Å². The summed E-state index contributed by atoms with van der Waals surface area (Å²) in [7, 11) is 1.97. The number of rotatable bonds is 7. The maximum atomic E-state index is 6.13. The summed E-state index contributed by atoms with van der Waals surface area (Å²) in [5.74, 6) is 1.00. The molecule has 0 saturated heterocycles. The predicted octanol–water partition coefficient (Wildman–Crippen LogP) is 4.69. The highest BCUT2D eigenvalue weighted by molar-refractivity contribution is 7.11. The number of aromatic nitrogens is 2. The smallest absolute Gasteiger partial charge is 0.128 e. The Morgan fingerprint density at radius 2 is 1.92 bits per heavy atom. The van der Waals surface area contributed by atoms with Crippen LogP contribution in [0.15, 0.2) is 48.7 Å². The van der Waals surface area contributed by atoms with E-state index in [1.54, 1.807) is 6.20 Å². The second-order valence-electron chi connectivity index (χ2n) is 6.01. The molecule has 2 aromatic heterocycles. The van der Waals surface area contributed by atoms with Crippen LogP contribution in [0, 0.1) is 6.92 Å². The third-order valence-corrected chi connectivity index (χ3v) is 5.46. The first-order valence-corrected chi connectivity index (χ1v) is 9.29. The van der Waals surface area contributed by atoms with Gasteiger partial charge < -0.3 is 4.57 Å². The van der Waals surface area contributed by atoms with Crippen molar-refractivity contribution in [3.8, 4) is 0 Å². The predicted molar refractivity (Wildman–Crippen MR) is 102 cm³/mol. The lowest BCUT2D eigenvalue weighted by molar-refractivity contribution is 0.253. The number of imidazole rings is 1. The van der Waals surface area contributed by atoms with Gasteiger partial charge in [0, 0.05) is 29.9 Å². The average molecular weight is 360 g/mol. The Labute approximate surface area is 152 Å². The van der Waals surface area contributed by atoms with Gasteiger partial charge in [-0.25, -0.2) is 4.98 Å². The van der Waals surface area contributed by atoms with Crippen molar-refractivity contribution in [3.63, 3.8) is 0 Å². The molecule has 5 heteroatoms. The summed E-state index contributed by atoms with van der Waals surface area (Å²) in [6, 6.07) is 15.0. The highest BCUT2D eigenvalue weighted by Crippen LogP contribution is 2.19. The quantitative estimate of drug-likeness (QED) is 0.610. The molecule has 0 aliphatic rings. The Kier molecular flexibility index (Phi) is 5.72. The van der Waals surface area contributed by atoms with Crippen molar-refractivity contribution in [2.75, 3.05) is 6.54 Å². The van der Waals surface area contributed by atoms with Crippen molar-refractivity contribution in [1.29, 1.82) is 0 Å². The van der Waals surface area contributed by atoms with Crippen molar-refractivity contribution in [2.24, 2.45) is 7.05 Å². The molecular formula is C19H22ClN3S. The fourth-order valence-electron chi connectivity index (χ4n) is 2.71. The van der Waals surface area contributed by atoms with Crippen LogP contribution in [0.1, 0.15) is 21.1 Å². The molecule has 1 aromatic carbocycles. The summed E-state index contributed by atoms with van der Waals surface area (Å²) in [5, 5.41) is 0.681. The van der Waals surface area contributed by atoms with Gasteiger partial charge in [0.1, 0.15) is 11.0 Å². The van der Waals surface area contributed by atoms with E-state index < -0.39 is 0 Å². The van der Waals surface area contributed by atoms with Gasteiger partial charge >= 0.3 is 0 Å². The van der Waals surface area contributed by atoms with Gasteiger partial charge in [-0.15, -0.1) is 11.3 Å². The first-order chi connectivity index (χ1) is 11.6. The Morgan fingerprint density at radius 3 is 2.54 bits per heavy atom. The third kappa shape index (κ3) is 4.47. The van der Waals surface area contributed by atoms with Crippen molar-refractivity contribution < 1.29 is 0 Å². The maximum absolute atomic E-state index is 6.13. The summed E-state index contributed by atoms with van der Waals surface area (Å²) < 4.78 is 1.96. The largest absolute Gasteiger partial charge is 0.321 e. The van der Waals surface area contributed by atoms with Crippen LogP contribution in [0.5, 0.6) is 0 Å². The minimum Gasteiger partial charge on any atom is -0.321 e. The van der Waals surface area contributed by atoms with Crippen molar-refractivity contribution in [3.05, 3.63) is 75.0 Å². The van der Waals surface area contributed by atoms with Crippen LogP contribution in [0.4, 0.5) is 0 Å². The van der Waals surface area contributed by atoms with E-state index in [2.05, 4.69) is 59.3 Å². The molecule has 3 rings (SSSR count). The van der Waals surface area contributed by atoms with E-state index in [1.807, 2.05) is 23.0 Å². The lowest BCUT2D eigenvalue weighted by Crippen LogP contribution is -2.26. The van der Waals surface area contributed by atoms with Gasteiger partial charge in [0.05, 0.1) is 12.7 Å². The fourth-order valence-corrected chi connectivity index (χ4v) is 3.79. The lowest BCUT2D eigenvalue weighted by Gasteiger charge is -2.21. The number of halogens is 1. The van der Waals surface area contributed by atoms with Crippen molar-refractivity contribution >= 4 is 22.9 Å². The molecule has 0 bridgehead atoms. The minimum atomic E-state index is 0.681. The second kappa shape index (κ2) is 7.97. The Hall–Kier alpha value is -1.62. The monoisotopic (exact) mass is 359 g/mol. The van der Waals surface area contributed by atoms with E-state index in [9.17, 15) is 0 Å². The molecule has 0 N–H and O–H groups in total. The molecule has 0 aliphatic carbocycles. The van der Waals surface area contributed by atoms with Crippen molar-refractivity contribution in [2.45, 2.75) is 26.4 Å². The zero-order valence-corrected chi connectivity index (χ0v) is 15.6. The number of aryl methyl sites for hydroxylation is 1. The molecule has 24 heavy (non-hydrogen) atoms. The first-order valence-electron chi connectivity index (χ1n) is 8.09. The number of benzene rings is 1. The zero-order chi connectivity index (χ0) is 16.9. The maximum Gasteiger partial charge on any atom is 0.128 e. The normalized spacial score (nSPS) is 11.3. The molecule has 0 spiro atoms. The minimum absolute atomic E-state index is 0.681. The van der Waals surface area contributed by atoms with Gasteiger partial charge in [-0.2, -0.15) is 0 Å². The summed E-state index contributed by atoms with van der Waals surface area (Å²) in [6.45, 7) is 4.88. The molecule has 0 atom stereocenters. The molecular weight excluding hydrogens is 338 g/mol. The molecule has 0 amide bonds. The standard InChI is InChI=1S/C19H22ClN3S/c1-15-8-9-17(24-15)13-23(11-10-16-6-4-3-5-7-16)14-19-21-12-18(20)22(19)2/h3-9,12H,10-11,13-14H2,1-2H3. The zero-order valence-electron chi connectivity index (χ0n) is 14.1. The van der Waals surface area contributed by atoms with E-state index in [-0.39, 0.29) is 0 Å². The number of thiophene rings is 1. The number of nitrogens with zero attached hydrogens (tertiary/aromatic N) is 3. The third-order valence-electron chi connectivity index (χ3n) is 4.13.